The van der Waals surface area contributed by atoms with Crippen molar-refractivity contribution in [2.75, 3.05) is 0 Å². The fourth-order valence-corrected chi connectivity index (χ4v) is 10.1. The molecule has 0 N–H and O–H groups in total. The van der Waals surface area contributed by atoms with E-state index < -0.39 is 0 Å². The first kappa shape index (κ1) is 31.0. The first-order chi connectivity index (χ1) is 26.7. The molecule has 0 atom stereocenters. The van der Waals surface area contributed by atoms with Crippen LogP contribution in [-0.4, -0.2) is 15.0 Å². The summed E-state index contributed by atoms with van der Waals surface area (Å²) >= 11 is 3.63. The molecule has 252 valence electrons. The summed E-state index contributed by atoms with van der Waals surface area (Å²) in [5.74, 6) is 0.732. The van der Waals surface area contributed by atoms with E-state index >= 15 is 0 Å². The number of rotatable bonds is 5. The third-order valence-corrected chi connectivity index (χ3v) is 12.7. The minimum absolute atomic E-state index is 0.732. The summed E-state index contributed by atoms with van der Waals surface area (Å²) in [7, 11) is 0. The molecule has 0 bridgehead atoms. The molecule has 0 spiro atoms. The Morgan fingerprint density at radius 2 is 0.926 bits per heavy atom. The highest BCUT2D eigenvalue weighted by atomic mass is 32.1. The van der Waals surface area contributed by atoms with Crippen molar-refractivity contribution in [1.29, 1.82) is 0 Å². The zero-order valence-corrected chi connectivity index (χ0v) is 30.5. The molecular weight excluding hydrogens is 695 g/mol. The van der Waals surface area contributed by atoms with E-state index in [1.54, 1.807) is 11.3 Å². The van der Waals surface area contributed by atoms with Gasteiger partial charge in [-0.15, -0.1) is 22.7 Å². The van der Waals surface area contributed by atoms with Gasteiger partial charge in [-0.2, -0.15) is 0 Å². The molecule has 0 aliphatic heterocycles. The lowest BCUT2D eigenvalue weighted by molar-refractivity contribution is 1.19. The Labute approximate surface area is 319 Å². The van der Waals surface area contributed by atoms with Crippen LogP contribution in [0, 0.1) is 0 Å². The van der Waals surface area contributed by atoms with Gasteiger partial charge < -0.3 is 0 Å². The molecule has 0 unspecified atom stereocenters. The number of hydrogen-bond donors (Lipinski definition) is 0. The van der Waals surface area contributed by atoms with Crippen molar-refractivity contribution in [3.8, 4) is 56.3 Å². The smallest absolute Gasteiger partial charge is 0.161 e. The van der Waals surface area contributed by atoms with Crippen molar-refractivity contribution >= 4 is 73.9 Å². The number of pyridine rings is 1. The highest BCUT2D eigenvalue weighted by Gasteiger charge is 2.18. The van der Waals surface area contributed by atoms with Gasteiger partial charge in [0, 0.05) is 63.3 Å². The molecule has 4 aromatic heterocycles. The first-order valence-electron chi connectivity index (χ1n) is 18.0. The minimum Gasteiger partial charge on any atom is -0.246 e. The SMILES string of the molecule is c1ccc(-c2cc(-c3ccc(-c4cccc(-c5nc6ccccc6c6c5sc5ccccc56)c4)cc3)nc(-c3cccc4c3sc3ccccc34)n2)cc1. The Morgan fingerprint density at radius 1 is 0.352 bits per heavy atom. The van der Waals surface area contributed by atoms with Crippen LogP contribution in [0.1, 0.15) is 0 Å². The molecule has 0 amide bonds. The number of benzene rings is 7. The van der Waals surface area contributed by atoms with Crippen molar-refractivity contribution in [1.82, 2.24) is 15.0 Å². The second-order valence-electron chi connectivity index (χ2n) is 13.5. The molecular formula is C49H29N3S2. The predicted octanol–water partition coefficient (Wildman–Crippen LogP) is 14.1. The molecule has 0 fully saturated rings. The van der Waals surface area contributed by atoms with Crippen molar-refractivity contribution in [3.63, 3.8) is 0 Å². The van der Waals surface area contributed by atoms with Crippen LogP contribution >= 0.6 is 22.7 Å². The van der Waals surface area contributed by atoms with Gasteiger partial charge in [-0.05, 0) is 47.5 Å². The van der Waals surface area contributed by atoms with E-state index in [-0.39, 0.29) is 0 Å². The largest absolute Gasteiger partial charge is 0.246 e. The van der Waals surface area contributed by atoms with Crippen molar-refractivity contribution in [3.05, 3.63) is 176 Å². The Kier molecular flexibility index (Phi) is 7.22. The van der Waals surface area contributed by atoms with Crippen LogP contribution in [0.25, 0.3) is 108 Å². The number of para-hydroxylation sites is 1. The lowest BCUT2D eigenvalue weighted by Gasteiger charge is -2.11. The summed E-state index contributed by atoms with van der Waals surface area (Å²) in [4.78, 5) is 15.7. The molecule has 54 heavy (non-hydrogen) atoms. The molecule has 4 heterocycles. The van der Waals surface area contributed by atoms with Crippen LogP contribution < -0.4 is 0 Å². The second kappa shape index (κ2) is 12.6. The summed E-state index contributed by atoms with van der Waals surface area (Å²) in [6.45, 7) is 0. The summed E-state index contributed by atoms with van der Waals surface area (Å²) in [6, 6.07) is 62.3. The maximum Gasteiger partial charge on any atom is 0.161 e. The van der Waals surface area contributed by atoms with E-state index in [1.807, 2.05) is 17.4 Å². The van der Waals surface area contributed by atoms with Gasteiger partial charge in [0.05, 0.1) is 27.3 Å². The second-order valence-corrected chi connectivity index (χ2v) is 15.7. The standard InChI is InChI=1S/C49H29N3S2/c1-2-12-31(13-3-1)41-29-42(52-49(51-41)39-20-11-19-36-35-16-5-8-22-43(35)53-47(36)39)32-26-24-30(25-27-32)33-14-10-15-34(28-33)46-48-45(37-17-4-7-21-40(37)50-46)38-18-6-9-23-44(38)54-48/h1-29H. The van der Waals surface area contributed by atoms with Crippen LogP contribution in [0.3, 0.4) is 0 Å². The van der Waals surface area contributed by atoms with E-state index in [1.165, 1.54) is 45.7 Å². The van der Waals surface area contributed by atoms with Crippen LogP contribution in [-0.2, 0) is 0 Å². The molecule has 5 heteroatoms. The lowest BCUT2D eigenvalue weighted by atomic mass is 9.98. The fraction of sp³-hybridized carbons (Fsp3) is 0. The molecule has 0 radical (unpaired) electrons. The summed E-state index contributed by atoms with van der Waals surface area (Å²) < 4.78 is 4.98. The normalized spacial score (nSPS) is 11.7. The van der Waals surface area contributed by atoms with Gasteiger partial charge in [0.15, 0.2) is 5.82 Å². The number of aromatic nitrogens is 3. The molecule has 0 saturated heterocycles. The Morgan fingerprint density at radius 3 is 1.74 bits per heavy atom. The van der Waals surface area contributed by atoms with E-state index in [2.05, 4.69) is 170 Å². The van der Waals surface area contributed by atoms with Gasteiger partial charge in [-0.1, -0.05) is 140 Å². The Hall–Kier alpha value is -6.53. The molecule has 7 aromatic carbocycles. The average molecular weight is 724 g/mol. The topological polar surface area (TPSA) is 38.7 Å². The van der Waals surface area contributed by atoms with Gasteiger partial charge in [0.1, 0.15) is 0 Å². The zero-order chi connectivity index (χ0) is 35.6. The van der Waals surface area contributed by atoms with E-state index in [9.17, 15) is 0 Å². The first-order valence-corrected chi connectivity index (χ1v) is 19.6. The summed E-state index contributed by atoms with van der Waals surface area (Å²) in [6.07, 6.45) is 0. The number of thiophene rings is 2. The maximum atomic E-state index is 5.25. The van der Waals surface area contributed by atoms with E-state index in [0.717, 1.165) is 61.8 Å². The highest BCUT2D eigenvalue weighted by Crippen LogP contribution is 2.44. The zero-order valence-electron chi connectivity index (χ0n) is 28.9. The lowest BCUT2D eigenvalue weighted by Crippen LogP contribution is -1.96. The predicted molar refractivity (Wildman–Crippen MR) is 230 cm³/mol. The van der Waals surface area contributed by atoms with Crippen LogP contribution in [0.15, 0.2) is 176 Å². The number of fused-ring (bicyclic) bond motifs is 8. The minimum atomic E-state index is 0.732. The number of nitrogens with zero attached hydrogens (tertiary/aromatic N) is 3. The van der Waals surface area contributed by atoms with Crippen LogP contribution in [0.2, 0.25) is 0 Å². The van der Waals surface area contributed by atoms with Gasteiger partial charge in [-0.3, -0.25) is 0 Å². The molecule has 11 aromatic rings. The van der Waals surface area contributed by atoms with Crippen molar-refractivity contribution in [2.24, 2.45) is 0 Å². The average Bonchev–Trinajstić information content (AvgIpc) is 3.83. The van der Waals surface area contributed by atoms with Gasteiger partial charge in [0.25, 0.3) is 0 Å². The van der Waals surface area contributed by atoms with Gasteiger partial charge in [-0.25, -0.2) is 15.0 Å². The molecule has 0 aliphatic carbocycles. The molecule has 0 saturated carbocycles. The third-order valence-electron chi connectivity index (χ3n) is 10.3. The summed E-state index contributed by atoms with van der Waals surface area (Å²) in [5, 5.41) is 6.27. The Balaban J connectivity index is 1.01. The van der Waals surface area contributed by atoms with E-state index in [4.69, 9.17) is 15.0 Å². The van der Waals surface area contributed by atoms with Crippen molar-refractivity contribution in [2.45, 2.75) is 0 Å². The number of hydrogen-bond acceptors (Lipinski definition) is 5. The van der Waals surface area contributed by atoms with Gasteiger partial charge in [0.2, 0.25) is 0 Å². The summed E-state index contributed by atoms with van der Waals surface area (Å²) in [5.41, 5.74) is 10.4. The Bertz CT molecular complexity index is 3210. The van der Waals surface area contributed by atoms with Gasteiger partial charge >= 0.3 is 0 Å². The van der Waals surface area contributed by atoms with Crippen LogP contribution in [0.5, 0.6) is 0 Å². The quantitative estimate of drug-likeness (QED) is 0.177. The maximum absolute atomic E-state index is 5.25. The van der Waals surface area contributed by atoms with Crippen LogP contribution in [0.4, 0.5) is 0 Å². The van der Waals surface area contributed by atoms with E-state index in [0.29, 0.717) is 0 Å². The molecule has 11 rings (SSSR count). The molecule has 3 nitrogen and oxygen atoms in total. The third kappa shape index (κ3) is 5.12. The highest BCUT2D eigenvalue weighted by molar-refractivity contribution is 7.26. The molecule has 0 aliphatic rings. The van der Waals surface area contributed by atoms with Crippen molar-refractivity contribution < 1.29 is 0 Å². The monoisotopic (exact) mass is 723 g/mol. The fourth-order valence-electron chi connectivity index (χ4n) is 7.70.